The molecule has 2 rings (SSSR count). The summed E-state index contributed by atoms with van der Waals surface area (Å²) in [6.07, 6.45) is -0.996. The fourth-order valence-corrected chi connectivity index (χ4v) is 2.58. The van der Waals surface area contributed by atoms with Crippen molar-refractivity contribution in [1.29, 1.82) is 0 Å². The Kier molecular flexibility index (Phi) is 8.43. The molecule has 0 aliphatic heterocycles. The van der Waals surface area contributed by atoms with E-state index < -0.39 is 23.7 Å². The van der Waals surface area contributed by atoms with Crippen LogP contribution in [0.1, 0.15) is 39.2 Å². The summed E-state index contributed by atoms with van der Waals surface area (Å²) < 4.78 is 10.8. The standard InChI is InChI=1S/C23H28N2O6/c1-23(2,3)31-22(29)25-19(21(27)28)13-14-20(26)24-17-9-11-18(12-10-17)30-15-16-7-5-4-6-8-16/h4-12,19H,13-15H2,1-3H3,(H,24,26)(H,25,29)(H,27,28). The minimum atomic E-state index is -1.24. The highest BCUT2D eigenvalue weighted by Crippen LogP contribution is 2.17. The van der Waals surface area contributed by atoms with E-state index in [1.54, 1.807) is 45.0 Å². The van der Waals surface area contributed by atoms with Crippen molar-refractivity contribution in [3.8, 4) is 5.75 Å². The molecule has 0 aromatic heterocycles. The van der Waals surface area contributed by atoms with Crippen molar-refractivity contribution in [2.24, 2.45) is 0 Å². The molecular formula is C23H28N2O6. The van der Waals surface area contributed by atoms with E-state index in [1.807, 2.05) is 30.3 Å². The zero-order valence-corrected chi connectivity index (χ0v) is 17.9. The van der Waals surface area contributed by atoms with Crippen molar-refractivity contribution >= 4 is 23.7 Å². The van der Waals surface area contributed by atoms with Crippen LogP contribution in [0.15, 0.2) is 54.6 Å². The van der Waals surface area contributed by atoms with E-state index in [2.05, 4.69) is 10.6 Å². The molecule has 0 fully saturated rings. The van der Waals surface area contributed by atoms with Crippen LogP contribution >= 0.6 is 0 Å². The predicted molar refractivity (Wildman–Crippen MR) is 116 cm³/mol. The van der Waals surface area contributed by atoms with Gasteiger partial charge in [0.25, 0.3) is 0 Å². The van der Waals surface area contributed by atoms with Crippen molar-refractivity contribution in [3.05, 3.63) is 60.2 Å². The fourth-order valence-electron chi connectivity index (χ4n) is 2.58. The maximum absolute atomic E-state index is 12.2. The van der Waals surface area contributed by atoms with Crippen molar-refractivity contribution < 1.29 is 29.0 Å². The number of benzene rings is 2. The normalized spacial score (nSPS) is 11.8. The summed E-state index contributed by atoms with van der Waals surface area (Å²) in [5, 5.41) is 14.2. The van der Waals surface area contributed by atoms with Crippen LogP contribution in [0.2, 0.25) is 0 Å². The van der Waals surface area contributed by atoms with Crippen molar-refractivity contribution in [1.82, 2.24) is 5.32 Å². The SMILES string of the molecule is CC(C)(C)OC(=O)NC(CCC(=O)Nc1ccc(OCc2ccccc2)cc1)C(=O)O. The molecule has 0 saturated heterocycles. The van der Waals surface area contributed by atoms with Gasteiger partial charge in [0.15, 0.2) is 0 Å². The van der Waals surface area contributed by atoms with Crippen LogP contribution in [0.5, 0.6) is 5.75 Å². The smallest absolute Gasteiger partial charge is 0.408 e. The summed E-state index contributed by atoms with van der Waals surface area (Å²) in [5.41, 5.74) is 0.860. The number of ether oxygens (including phenoxy) is 2. The van der Waals surface area contributed by atoms with E-state index in [-0.39, 0.29) is 18.7 Å². The number of anilines is 1. The number of carbonyl (C=O) groups is 3. The van der Waals surface area contributed by atoms with Gasteiger partial charge in [-0.2, -0.15) is 0 Å². The van der Waals surface area contributed by atoms with Crippen LogP contribution in [0, 0.1) is 0 Å². The highest BCUT2D eigenvalue weighted by molar-refractivity contribution is 5.91. The summed E-state index contributed by atoms with van der Waals surface area (Å²) in [7, 11) is 0. The van der Waals surface area contributed by atoms with E-state index >= 15 is 0 Å². The summed E-state index contributed by atoms with van der Waals surface area (Å²) in [6.45, 7) is 5.46. The highest BCUT2D eigenvalue weighted by Gasteiger charge is 2.24. The van der Waals surface area contributed by atoms with Gasteiger partial charge in [-0.1, -0.05) is 30.3 Å². The van der Waals surface area contributed by atoms with E-state index in [0.717, 1.165) is 5.56 Å². The number of rotatable bonds is 9. The topological polar surface area (TPSA) is 114 Å². The maximum atomic E-state index is 12.2. The van der Waals surface area contributed by atoms with Gasteiger partial charge in [0.05, 0.1) is 0 Å². The first-order chi connectivity index (χ1) is 14.6. The summed E-state index contributed by atoms with van der Waals surface area (Å²) >= 11 is 0. The van der Waals surface area contributed by atoms with Gasteiger partial charge in [0.2, 0.25) is 5.91 Å². The lowest BCUT2D eigenvalue weighted by atomic mass is 10.1. The Bertz CT molecular complexity index is 875. The lowest BCUT2D eigenvalue weighted by molar-refractivity contribution is -0.139. The number of hydrogen-bond donors (Lipinski definition) is 3. The Labute approximate surface area is 181 Å². The lowest BCUT2D eigenvalue weighted by Gasteiger charge is -2.21. The first-order valence-corrected chi connectivity index (χ1v) is 9.91. The molecule has 0 aliphatic rings. The predicted octanol–water partition coefficient (Wildman–Crippen LogP) is 3.96. The van der Waals surface area contributed by atoms with Crippen LogP contribution < -0.4 is 15.4 Å². The second-order valence-electron chi connectivity index (χ2n) is 7.92. The number of amides is 2. The van der Waals surface area contributed by atoms with Crippen molar-refractivity contribution in [3.63, 3.8) is 0 Å². The molecule has 8 heteroatoms. The molecule has 8 nitrogen and oxygen atoms in total. The van der Waals surface area contributed by atoms with Gasteiger partial charge in [0.1, 0.15) is 24.0 Å². The monoisotopic (exact) mass is 428 g/mol. The molecule has 1 unspecified atom stereocenters. The highest BCUT2D eigenvalue weighted by atomic mass is 16.6. The third kappa shape index (κ3) is 9.20. The average Bonchev–Trinajstić information content (AvgIpc) is 2.70. The molecule has 31 heavy (non-hydrogen) atoms. The molecule has 0 spiro atoms. The van der Waals surface area contributed by atoms with Gasteiger partial charge in [-0.05, 0) is 57.0 Å². The second-order valence-corrected chi connectivity index (χ2v) is 7.92. The van der Waals surface area contributed by atoms with Crippen LogP contribution in [-0.2, 0) is 20.9 Å². The number of carboxylic acids is 1. The first-order valence-electron chi connectivity index (χ1n) is 9.91. The Morgan fingerprint density at radius 2 is 1.65 bits per heavy atom. The van der Waals surface area contributed by atoms with E-state index in [9.17, 15) is 19.5 Å². The molecule has 0 heterocycles. The van der Waals surface area contributed by atoms with Gasteiger partial charge < -0.3 is 25.2 Å². The summed E-state index contributed by atoms with van der Waals surface area (Å²) in [5.74, 6) is -0.942. The molecule has 2 aromatic carbocycles. The zero-order valence-electron chi connectivity index (χ0n) is 17.9. The van der Waals surface area contributed by atoms with Crippen LogP contribution in [0.3, 0.4) is 0 Å². The van der Waals surface area contributed by atoms with E-state index in [1.165, 1.54) is 0 Å². The quantitative estimate of drug-likeness (QED) is 0.557. The molecule has 0 saturated carbocycles. The molecule has 3 N–H and O–H groups in total. The fraction of sp³-hybridized carbons (Fsp3) is 0.348. The summed E-state index contributed by atoms with van der Waals surface area (Å²) in [6, 6.07) is 15.4. The van der Waals surface area contributed by atoms with Gasteiger partial charge in [0, 0.05) is 12.1 Å². The first kappa shape index (κ1) is 23.7. The molecular weight excluding hydrogens is 400 g/mol. The average molecular weight is 428 g/mol. The van der Waals surface area contributed by atoms with Gasteiger partial charge in [-0.3, -0.25) is 4.79 Å². The number of nitrogens with one attached hydrogen (secondary N) is 2. The zero-order chi connectivity index (χ0) is 22.9. The largest absolute Gasteiger partial charge is 0.489 e. The molecule has 2 amide bonds. The number of carbonyl (C=O) groups excluding carboxylic acids is 2. The number of aliphatic carboxylic acids is 1. The van der Waals surface area contributed by atoms with Crippen LogP contribution in [0.25, 0.3) is 0 Å². The molecule has 166 valence electrons. The van der Waals surface area contributed by atoms with Gasteiger partial charge in [-0.25, -0.2) is 9.59 Å². The number of alkyl carbamates (subject to hydrolysis) is 1. The number of carboxylic acid groups (broad SMARTS) is 1. The van der Waals surface area contributed by atoms with Crippen LogP contribution in [0.4, 0.5) is 10.5 Å². The van der Waals surface area contributed by atoms with Crippen molar-refractivity contribution in [2.75, 3.05) is 5.32 Å². The van der Waals surface area contributed by atoms with Gasteiger partial charge >= 0.3 is 12.1 Å². The second kappa shape index (κ2) is 11.0. The van der Waals surface area contributed by atoms with Crippen molar-refractivity contribution in [2.45, 2.75) is 51.9 Å². The lowest BCUT2D eigenvalue weighted by Crippen LogP contribution is -2.43. The Balaban J connectivity index is 1.80. The maximum Gasteiger partial charge on any atom is 0.408 e. The minimum absolute atomic E-state index is 0.0708. The van der Waals surface area contributed by atoms with E-state index in [0.29, 0.717) is 18.0 Å². The third-order valence-corrected chi connectivity index (χ3v) is 4.04. The van der Waals surface area contributed by atoms with E-state index in [4.69, 9.17) is 9.47 Å². The minimum Gasteiger partial charge on any atom is -0.489 e. The number of hydrogen-bond acceptors (Lipinski definition) is 5. The molecule has 1 atom stereocenters. The van der Waals surface area contributed by atoms with Gasteiger partial charge in [-0.15, -0.1) is 0 Å². The molecule has 0 aliphatic carbocycles. The molecule has 2 aromatic rings. The summed E-state index contributed by atoms with van der Waals surface area (Å²) in [4.78, 5) is 35.3. The Morgan fingerprint density at radius 3 is 2.23 bits per heavy atom. The Hall–Kier alpha value is -3.55. The Morgan fingerprint density at radius 1 is 1.00 bits per heavy atom. The van der Waals surface area contributed by atoms with Crippen LogP contribution in [-0.4, -0.2) is 34.7 Å². The molecule has 0 radical (unpaired) electrons. The molecule has 0 bridgehead atoms. The third-order valence-electron chi connectivity index (χ3n) is 4.04.